The van der Waals surface area contributed by atoms with Crippen molar-refractivity contribution in [2.24, 2.45) is 0 Å². The second kappa shape index (κ2) is 5.27. The monoisotopic (exact) mass is 303 g/mol. The van der Waals surface area contributed by atoms with Crippen LogP contribution in [0.3, 0.4) is 0 Å². The fourth-order valence-corrected chi connectivity index (χ4v) is 2.68. The van der Waals surface area contributed by atoms with Crippen molar-refractivity contribution in [2.75, 3.05) is 12.4 Å². The van der Waals surface area contributed by atoms with E-state index in [1.54, 1.807) is 19.3 Å². The molecule has 0 atom stereocenters. The molecule has 0 unspecified atom stereocenters. The Morgan fingerprint density at radius 3 is 2.65 bits per heavy atom. The maximum absolute atomic E-state index is 6.29. The summed E-state index contributed by atoms with van der Waals surface area (Å²) in [6, 6.07) is 11.5. The quantitative estimate of drug-likeness (QED) is 0.749. The van der Waals surface area contributed by atoms with Crippen LogP contribution in [0.2, 0.25) is 10.0 Å². The van der Waals surface area contributed by atoms with Crippen LogP contribution in [0.25, 0.3) is 22.2 Å². The number of fused-ring (bicyclic) bond motifs is 1. The normalized spacial score (nSPS) is 10.8. The number of anilines is 1. The van der Waals surface area contributed by atoms with E-state index < -0.39 is 0 Å². The lowest BCUT2D eigenvalue weighted by molar-refractivity contribution is 1.28. The first-order valence-corrected chi connectivity index (χ1v) is 6.84. The van der Waals surface area contributed by atoms with E-state index in [0.717, 1.165) is 16.5 Å². The van der Waals surface area contributed by atoms with E-state index in [2.05, 4.69) is 15.3 Å². The van der Waals surface area contributed by atoms with Crippen LogP contribution in [0.5, 0.6) is 0 Å². The van der Waals surface area contributed by atoms with Crippen molar-refractivity contribution in [3.8, 4) is 11.3 Å². The molecule has 0 aliphatic heterocycles. The number of aromatic nitrogens is 2. The summed E-state index contributed by atoms with van der Waals surface area (Å²) in [6.07, 6.45) is 1.76. The van der Waals surface area contributed by atoms with Gasteiger partial charge in [-0.3, -0.25) is 4.98 Å². The SMILES string of the molecule is CNc1nc(-c2cccc3cccnc23)c(Cl)cc1Cl. The highest BCUT2D eigenvalue weighted by Crippen LogP contribution is 2.34. The van der Waals surface area contributed by atoms with E-state index in [4.69, 9.17) is 23.2 Å². The van der Waals surface area contributed by atoms with Gasteiger partial charge in [0.05, 0.1) is 21.3 Å². The summed E-state index contributed by atoms with van der Waals surface area (Å²) in [6.45, 7) is 0. The predicted octanol–water partition coefficient (Wildman–Crippen LogP) is 4.65. The van der Waals surface area contributed by atoms with Gasteiger partial charge in [-0.2, -0.15) is 0 Å². The molecule has 5 heteroatoms. The number of hydrogen-bond acceptors (Lipinski definition) is 3. The first kappa shape index (κ1) is 13.2. The van der Waals surface area contributed by atoms with Crippen molar-refractivity contribution in [1.82, 2.24) is 9.97 Å². The second-order valence-electron chi connectivity index (χ2n) is 4.28. The Morgan fingerprint density at radius 1 is 1.05 bits per heavy atom. The largest absolute Gasteiger partial charge is 0.372 e. The Morgan fingerprint density at radius 2 is 1.85 bits per heavy atom. The molecule has 0 amide bonds. The van der Waals surface area contributed by atoms with Crippen LogP contribution in [0.4, 0.5) is 5.82 Å². The minimum absolute atomic E-state index is 0.495. The van der Waals surface area contributed by atoms with Gasteiger partial charge >= 0.3 is 0 Å². The zero-order valence-corrected chi connectivity index (χ0v) is 12.2. The fraction of sp³-hybridized carbons (Fsp3) is 0.0667. The zero-order chi connectivity index (χ0) is 14.1. The average Bonchev–Trinajstić information content (AvgIpc) is 2.47. The van der Waals surface area contributed by atoms with Crippen molar-refractivity contribution >= 4 is 39.9 Å². The topological polar surface area (TPSA) is 37.8 Å². The van der Waals surface area contributed by atoms with Gasteiger partial charge in [0.2, 0.25) is 0 Å². The van der Waals surface area contributed by atoms with Crippen LogP contribution < -0.4 is 5.32 Å². The molecular weight excluding hydrogens is 293 g/mol. The lowest BCUT2D eigenvalue weighted by atomic mass is 10.1. The number of pyridine rings is 2. The lowest BCUT2D eigenvalue weighted by Crippen LogP contribution is -1.96. The smallest absolute Gasteiger partial charge is 0.145 e. The molecule has 3 rings (SSSR count). The van der Waals surface area contributed by atoms with Crippen LogP contribution >= 0.6 is 23.2 Å². The third-order valence-electron chi connectivity index (χ3n) is 3.05. The van der Waals surface area contributed by atoms with Crippen LogP contribution in [0, 0.1) is 0 Å². The summed E-state index contributed by atoms with van der Waals surface area (Å²) in [5.74, 6) is 0.596. The van der Waals surface area contributed by atoms with Gasteiger partial charge in [-0.05, 0) is 12.1 Å². The maximum atomic E-state index is 6.29. The lowest BCUT2D eigenvalue weighted by Gasteiger charge is -2.10. The Bertz CT molecular complexity index is 782. The molecule has 1 N–H and O–H groups in total. The number of halogens is 2. The van der Waals surface area contributed by atoms with Crippen molar-refractivity contribution in [2.45, 2.75) is 0 Å². The first-order chi connectivity index (χ1) is 9.70. The third kappa shape index (κ3) is 2.19. The van der Waals surface area contributed by atoms with Crippen LogP contribution in [-0.2, 0) is 0 Å². The predicted molar refractivity (Wildman–Crippen MR) is 84.5 cm³/mol. The molecule has 0 bridgehead atoms. The van der Waals surface area contributed by atoms with Gasteiger partial charge < -0.3 is 5.32 Å². The summed E-state index contributed by atoms with van der Waals surface area (Å²) >= 11 is 12.4. The second-order valence-corrected chi connectivity index (χ2v) is 5.09. The van der Waals surface area contributed by atoms with Crippen LogP contribution in [0.15, 0.2) is 42.6 Å². The molecular formula is C15H11Cl2N3. The molecule has 0 saturated carbocycles. The maximum Gasteiger partial charge on any atom is 0.145 e. The molecule has 100 valence electrons. The molecule has 0 spiro atoms. The molecule has 2 aromatic heterocycles. The number of rotatable bonds is 2. The van der Waals surface area contributed by atoms with Crippen molar-refractivity contribution in [1.29, 1.82) is 0 Å². The summed E-state index contributed by atoms with van der Waals surface area (Å²) in [5.41, 5.74) is 2.43. The molecule has 0 saturated heterocycles. The first-order valence-electron chi connectivity index (χ1n) is 6.08. The highest BCUT2D eigenvalue weighted by Gasteiger charge is 2.13. The molecule has 0 fully saturated rings. The van der Waals surface area contributed by atoms with Gasteiger partial charge in [-0.25, -0.2) is 4.98 Å². The molecule has 3 aromatic rings. The third-order valence-corrected chi connectivity index (χ3v) is 3.63. The molecule has 0 aliphatic rings. The van der Waals surface area contributed by atoms with Crippen molar-refractivity contribution in [3.05, 3.63) is 52.6 Å². The minimum Gasteiger partial charge on any atom is -0.372 e. The highest BCUT2D eigenvalue weighted by molar-refractivity contribution is 6.37. The minimum atomic E-state index is 0.495. The molecule has 2 heterocycles. The summed E-state index contributed by atoms with van der Waals surface area (Å²) in [5, 5.41) is 5.01. The van der Waals surface area contributed by atoms with E-state index in [0.29, 0.717) is 21.6 Å². The number of hydrogen-bond donors (Lipinski definition) is 1. The Balaban J connectivity index is 2.31. The van der Waals surface area contributed by atoms with E-state index in [1.807, 2.05) is 30.3 Å². The Kier molecular flexibility index (Phi) is 3.47. The van der Waals surface area contributed by atoms with Gasteiger partial charge in [0, 0.05) is 24.2 Å². The summed E-state index contributed by atoms with van der Waals surface area (Å²) < 4.78 is 0. The number of nitrogens with one attached hydrogen (secondary N) is 1. The van der Waals surface area contributed by atoms with E-state index in [9.17, 15) is 0 Å². The van der Waals surface area contributed by atoms with E-state index in [1.165, 1.54) is 0 Å². The highest BCUT2D eigenvalue weighted by atomic mass is 35.5. The summed E-state index contributed by atoms with van der Waals surface area (Å²) in [4.78, 5) is 8.92. The zero-order valence-electron chi connectivity index (χ0n) is 10.7. The Labute approximate surface area is 126 Å². The number of para-hydroxylation sites is 1. The van der Waals surface area contributed by atoms with Gasteiger partial charge in [0.25, 0.3) is 0 Å². The molecule has 0 aliphatic carbocycles. The van der Waals surface area contributed by atoms with Crippen molar-refractivity contribution in [3.63, 3.8) is 0 Å². The standard InChI is InChI=1S/C15H11Cl2N3/c1-18-15-12(17)8-11(16)14(20-15)10-6-2-4-9-5-3-7-19-13(9)10/h2-8H,1H3,(H,18,20). The van der Waals surface area contributed by atoms with Crippen molar-refractivity contribution < 1.29 is 0 Å². The molecule has 1 aromatic carbocycles. The van der Waals surface area contributed by atoms with Crippen LogP contribution in [0.1, 0.15) is 0 Å². The van der Waals surface area contributed by atoms with Gasteiger partial charge in [0.15, 0.2) is 0 Å². The van der Waals surface area contributed by atoms with E-state index in [-0.39, 0.29) is 0 Å². The number of benzene rings is 1. The van der Waals surface area contributed by atoms with Crippen LogP contribution in [-0.4, -0.2) is 17.0 Å². The van der Waals surface area contributed by atoms with Gasteiger partial charge in [0.1, 0.15) is 5.82 Å². The molecule has 0 radical (unpaired) electrons. The van der Waals surface area contributed by atoms with E-state index >= 15 is 0 Å². The molecule has 20 heavy (non-hydrogen) atoms. The van der Waals surface area contributed by atoms with Gasteiger partial charge in [-0.15, -0.1) is 0 Å². The fourth-order valence-electron chi connectivity index (χ4n) is 2.13. The molecule has 3 nitrogen and oxygen atoms in total. The van der Waals surface area contributed by atoms with Gasteiger partial charge in [-0.1, -0.05) is 47.5 Å². The average molecular weight is 304 g/mol. The Hall–Kier alpha value is -1.84. The number of nitrogens with zero attached hydrogens (tertiary/aromatic N) is 2. The summed E-state index contributed by atoms with van der Waals surface area (Å²) in [7, 11) is 1.77.